The number of hydrogen-bond donors (Lipinski definition) is 2. The lowest BCUT2D eigenvalue weighted by Gasteiger charge is -2.17. The van der Waals surface area contributed by atoms with E-state index in [9.17, 15) is 18.0 Å². The van der Waals surface area contributed by atoms with E-state index in [4.69, 9.17) is 11.6 Å². The van der Waals surface area contributed by atoms with Crippen molar-refractivity contribution in [3.8, 4) is 0 Å². The van der Waals surface area contributed by atoms with Gasteiger partial charge in [-0.15, -0.1) is 11.8 Å². The summed E-state index contributed by atoms with van der Waals surface area (Å²) in [7, 11) is -2.49. The highest BCUT2D eigenvalue weighted by molar-refractivity contribution is 8.00. The van der Waals surface area contributed by atoms with Crippen molar-refractivity contribution in [2.45, 2.75) is 9.79 Å². The number of nitrogens with zero attached hydrogens (tertiary/aromatic N) is 1. The van der Waals surface area contributed by atoms with E-state index in [2.05, 4.69) is 10.9 Å². The van der Waals surface area contributed by atoms with Crippen molar-refractivity contribution in [1.29, 1.82) is 0 Å². The number of carbonyl (C=O) groups is 2. The normalized spacial score (nSPS) is 11.2. The molecule has 0 atom stereocenters. The van der Waals surface area contributed by atoms with Crippen LogP contribution in [0.4, 0.5) is 0 Å². The molecule has 0 radical (unpaired) electrons. The Morgan fingerprint density at radius 1 is 1.00 bits per heavy atom. The molecule has 7 nitrogen and oxygen atoms in total. The SMILES string of the molecule is CN(CC(=O)NNC(=O)CSc1ccc(Cl)cc1)S(=O)(=O)c1ccccc1. The van der Waals surface area contributed by atoms with Gasteiger partial charge in [-0.2, -0.15) is 4.31 Å². The first-order valence-electron chi connectivity index (χ1n) is 7.76. The maximum atomic E-state index is 12.3. The number of amides is 2. The lowest BCUT2D eigenvalue weighted by molar-refractivity contribution is -0.127. The number of sulfonamides is 1. The van der Waals surface area contributed by atoms with E-state index >= 15 is 0 Å². The predicted octanol–water partition coefficient (Wildman–Crippen LogP) is 1.90. The Labute approximate surface area is 167 Å². The van der Waals surface area contributed by atoms with E-state index < -0.39 is 28.4 Å². The van der Waals surface area contributed by atoms with Crippen molar-refractivity contribution in [1.82, 2.24) is 15.2 Å². The van der Waals surface area contributed by atoms with Gasteiger partial charge in [0.2, 0.25) is 15.9 Å². The number of rotatable bonds is 7. The Balaban J connectivity index is 1.78. The van der Waals surface area contributed by atoms with Crippen LogP contribution in [0.2, 0.25) is 5.02 Å². The first kappa shape index (κ1) is 21.2. The van der Waals surface area contributed by atoms with Crippen molar-refractivity contribution in [2.75, 3.05) is 19.3 Å². The van der Waals surface area contributed by atoms with Gasteiger partial charge in [-0.25, -0.2) is 8.42 Å². The molecule has 0 bridgehead atoms. The van der Waals surface area contributed by atoms with Crippen LogP contribution in [0.3, 0.4) is 0 Å². The fourth-order valence-electron chi connectivity index (χ4n) is 1.95. The van der Waals surface area contributed by atoms with Crippen molar-refractivity contribution < 1.29 is 18.0 Å². The molecule has 144 valence electrons. The summed E-state index contributed by atoms with van der Waals surface area (Å²) in [6.45, 7) is -0.429. The van der Waals surface area contributed by atoms with Crippen LogP contribution < -0.4 is 10.9 Å². The topological polar surface area (TPSA) is 95.6 Å². The molecule has 0 aliphatic rings. The van der Waals surface area contributed by atoms with Gasteiger partial charge in [-0.05, 0) is 36.4 Å². The molecule has 2 aromatic rings. The molecule has 2 amide bonds. The van der Waals surface area contributed by atoms with Gasteiger partial charge in [-0.3, -0.25) is 20.4 Å². The summed E-state index contributed by atoms with van der Waals surface area (Å²) >= 11 is 7.06. The van der Waals surface area contributed by atoms with Gasteiger partial charge in [0.15, 0.2) is 0 Å². The first-order valence-corrected chi connectivity index (χ1v) is 10.6. The van der Waals surface area contributed by atoms with Crippen LogP contribution in [-0.4, -0.2) is 43.9 Å². The lowest BCUT2D eigenvalue weighted by atomic mass is 10.4. The van der Waals surface area contributed by atoms with Gasteiger partial charge in [0.25, 0.3) is 5.91 Å². The second-order valence-corrected chi connectivity index (χ2v) is 8.94. The van der Waals surface area contributed by atoms with E-state index in [0.29, 0.717) is 5.02 Å². The number of nitrogens with one attached hydrogen (secondary N) is 2. The molecular formula is C17H18ClN3O4S2. The average molecular weight is 428 g/mol. The number of carbonyl (C=O) groups excluding carboxylic acids is 2. The van der Waals surface area contributed by atoms with Crippen molar-refractivity contribution >= 4 is 45.2 Å². The molecule has 2 aromatic carbocycles. The third-order valence-electron chi connectivity index (χ3n) is 3.34. The number of hydrazine groups is 1. The number of benzene rings is 2. The van der Waals surface area contributed by atoms with Gasteiger partial charge >= 0.3 is 0 Å². The van der Waals surface area contributed by atoms with Crippen LogP contribution in [0.1, 0.15) is 0 Å². The highest BCUT2D eigenvalue weighted by Crippen LogP contribution is 2.19. The minimum absolute atomic E-state index is 0.0834. The summed E-state index contributed by atoms with van der Waals surface area (Å²) in [6, 6.07) is 14.8. The molecule has 0 heterocycles. The maximum absolute atomic E-state index is 12.3. The standard InChI is InChI=1S/C17H18ClN3O4S2/c1-21(27(24,25)15-5-3-2-4-6-15)11-16(22)19-20-17(23)12-26-14-9-7-13(18)8-10-14/h2-10H,11-12H2,1H3,(H,19,22)(H,20,23). The minimum atomic E-state index is -3.78. The number of thioether (sulfide) groups is 1. The molecule has 2 N–H and O–H groups in total. The molecule has 0 aliphatic carbocycles. The summed E-state index contributed by atoms with van der Waals surface area (Å²) < 4.78 is 25.6. The van der Waals surface area contributed by atoms with Crippen molar-refractivity contribution in [2.24, 2.45) is 0 Å². The average Bonchev–Trinajstić information content (AvgIpc) is 2.66. The zero-order chi connectivity index (χ0) is 19.9. The molecular weight excluding hydrogens is 410 g/mol. The summed E-state index contributed by atoms with van der Waals surface area (Å²) in [5, 5.41) is 0.602. The highest BCUT2D eigenvalue weighted by Gasteiger charge is 2.22. The van der Waals surface area contributed by atoms with E-state index in [0.717, 1.165) is 9.20 Å². The van der Waals surface area contributed by atoms with E-state index in [1.807, 2.05) is 0 Å². The first-order chi connectivity index (χ1) is 12.8. The Kier molecular flexibility index (Phi) is 7.66. The maximum Gasteiger partial charge on any atom is 0.253 e. The lowest BCUT2D eigenvalue weighted by Crippen LogP contribution is -2.47. The van der Waals surface area contributed by atoms with E-state index in [1.165, 1.54) is 30.9 Å². The molecule has 10 heteroatoms. The van der Waals surface area contributed by atoms with Crippen LogP contribution in [0, 0.1) is 0 Å². The third kappa shape index (κ3) is 6.55. The molecule has 2 rings (SSSR count). The number of hydrogen-bond acceptors (Lipinski definition) is 5. The molecule has 0 aromatic heterocycles. The van der Waals surface area contributed by atoms with Gasteiger partial charge < -0.3 is 0 Å². The minimum Gasteiger partial charge on any atom is -0.272 e. The summed E-state index contributed by atoms with van der Waals surface area (Å²) in [4.78, 5) is 24.6. The summed E-state index contributed by atoms with van der Waals surface area (Å²) in [6.07, 6.45) is 0. The van der Waals surface area contributed by atoms with Crippen molar-refractivity contribution in [3.05, 3.63) is 59.6 Å². The Bertz CT molecular complexity index is 890. The molecule has 0 saturated heterocycles. The zero-order valence-corrected chi connectivity index (χ0v) is 16.8. The largest absolute Gasteiger partial charge is 0.272 e. The predicted molar refractivity (Wildman–Crippen MR) is 105 cm³/mol. The smallest absolute Gasteiger partial charge is 0.253 e. The van der Waals surface area contributed by atoms with Gasteiger partial charge in [0, 0.05) is 17.0 Å². The van der Waals surface area contributed by atoms with Crippen LogP contribution in [0.25, 0.3) is 0 Å². The van der Waals surface area contributed by atoms with Crippen LogP contribution in [0.15, 0.2) is 64.4 Å². The van der Waals surface area contributed by atoms with E-state index in [1.54, 1.807) is 42.5 Å². The fourth-order valence-corrected chi connectivity index (χ4v) is 3.93. The van der Waals surface area contributed by atoms with Crippen LogP contribution >= 0.6 is 23.4 Å². The molecule has 0 spiro atoms. The summed E-state index contributed by atoms with van der Waals surface area (Å²) in [5.74, 6) is -0.987. The highest BCUT2D eigenvalue weighted by atomic mass is 35.5. The monoisotopic (exact) mass is 427 g/mol. The van der Waals surface area contributed by atoms with Gasteiger partial charge in [-0.1, -0.05) is 29.8 Å². The molecule has 27 heavy (non-hydrogen) atoms. The third-order valence-corrected chi connectivity index (χ3v) is 6.42. The number of likely N-dealkylation sites (N-methyl/N-ethyl adjacent to an activating group) is 1. The van der Waals surface area contributed by atoms with Gasteiger partial charge in [0.1, 0.15) is 0 Å². The van der Waals surface area contributed by atoms with E-state index in [-0.39, 0.29) is 10.6 Å². The van der Waals surface area contributed by atoms with Crippen molar-refractivity contribution in [3.63, 3.8) is 0 Å². The molecule has 0 unspecified atom stereocenters. The number of halogens is 1. The quantitative estimate of drug-likeness (QED) is 0.519. The zero-order valence-electron chi connectivity index (χ0n) is 14.4. The Morgan fingerprint density at radius 2 is 1.59 bits per heavy atom. The molecule has 0 aliphatic heterocycles. The molecule has 0 saturated carbocycles. The summed E-state index contributed by atoms with van der Waals surface area (Å²) in [5.41, 5.74) is 4.46. The Morgan fingerprint density at radius 3 is 2.22 bits per heavy atom. The van der Waals surface area contributed by atoms with Crippen LogP contribution in [0.5, 0.6) is 0 Å². The van der Waals surface area contributed by atoms with Gasteiger partial charge in [0.05, 0.1) is 17.2 Å². The molecule has 0 fully saturated rings. The second kappa shape index (κ2) is 9.75. The Hall–Kier alpha value is -2.07. The fraction of sp³-hybridized carbons (Fsp3) is 0.176. The van der Waals surface area contributed by atoms with Crippen LogP contribution in [-0.2, 0) is 19.6 Å². The second-order valence-electron chi connectivity index (χ2n) is 5.41.